The molecule has 2 aromatic rings. The van der Waals surface area contributed by atoms with Crippen molar-refractivity contribution in [2.45, 2.75) is 11.1 Å². The number of hydrogen-bond acceptors (Lipinski definition) is 3. The first kappa shape index (κ1) is 18.9. The highest BCUT2D eigenvalue weighted by Crippen LogP contribution is 2.30. The van der Waals surface area contributed by atoms with Crippen molar-refractivity contribution < 1.29 is 39.5 Å². The molecule has 0 fully saturated rings. The molecule has 136 valence electrons. The molecular formula is C14H9F6NO3S. The molecule has 0 aliphatic rings. The van der Waals surface area contributed by atoms with Gasteiger partial charge in [-0.3, -0.25) is 4.72 Å². The molecule has 0 saturated heterocycles. The molecule has 0 saturated carbocycles. The van der Waals surface area contributed by atoms with E-state index in [1.807, 2.05) is 0 Å². The van der Waals surface area contributed by atoms with E-state index in [-0.39, 0.29) is 0 Å². The summed E-state index contributed by atoms with van der Waals surface area (Å²) < 4.78 is 107. The zero-order valence-corrected chi connectivity index (χ0v) is 12.9. The van der Waals surface area contributed by atoms with Crippen LogP contribution >= 0.6 is 0 Å². The molecule has 1 N–H and O–H groups in total. The van der Waals surface area contributed by atoms with E-state index in [4.69, 9.17) is 0 Å². The van der Waals surface area contributed by atoms with Gasteiger partial charge in [0.1, 0.15) is 23.2 Å². The van der Waals surface area contributed by atoms with Gasteiger partial charge in [0, 0.05) is 6.07 Å². The first-order valence-electron chi connectivity index (χ1n) is 6.45. The summed E-state index contributed by atoms with van der Waals surface area (Å²) in [7, 11) is -4.90. The Labute approximate surface area is 138 Å². The van der Waals surface area contributed by atoms with Gasteiger partial charge in [-0.1, -0.05) is 6.07 Å². The van der Waals surface area contributed by atoms with E-state index in [1.165, 1.54) is 0 Å². The van der Waals surface area contributed by atoms with E-state index < -0.39 is 56.6 Å². The predicted molar refractivity (Wildman–Crippen MR) is 75.1 cm³/mol. The molecular weight excluding hydrogens is 376 g/mol. The van der Waals surface area contributed by atoms with Crippen molar-refractivity contribution in [2.75, 3.05) is 11.3 Å². The van der Waals surface area contributed by atoms with Gasteiger partial charge >= 0.3 is 6.18 Å². The summed E-state index contributed by atoms with van der Waals surface area (Å²) in [6, 6.07) is 4.25. The van der Waals surface area contributed by atoms with E-state index in [0.29, 0.717) is 18.2 Å². The zero-order chi connectivity index (χ0) is 18.8. The van der Waals surface area contributed by atoms with Gasteiger partial charge in [-0.25, -0.2) is 21.6 Å². The summed E-state index contributed by atoms with van der Waals surface area (Å²) in [6.07, 6.45) is -4.73. The first-order valence-corrected chi connectivity index (χ1v) is 7.94. The third kappa shape index (κ3) is 4.78. The number of benzene rings is 2. The average Bonchev–Trinajstić information content (AvgIpc) is 2.44. The van der Waals surface area contributed by atoms with Gasteiger partial charge in [0.15, 0.2) is 11.5 Å². The normalized spacial score (nSPS) is 12.1. The maximum atomic E-state index is 13.6. The largest absolute Gasteiger partial charge is 0.482 e. The van der Waals surface area contributed by atoms with Crippen LogP contribution in [-0.2, 0) is 10.0 Å². The Balaban J connectivity index is 2.40. The Bertz CT molecular complexity index is 862. The fourth-order valence-electron chi connectivity index (χ4n) is 1.80. The molecule has 0 aromatic heterocycles. The summed E-state index contributed by atoms with van der Waals surface area (Å²) in [5.41, 5.74) is -0.744. The van der Waals surface area contributed by atoms with E-state index in [9.17, 15) is 34.8 Å². The second-order valence-corrected chi connectivity index (χ2v) is 6.32. The van der Waals surface area contributed by atoms with Crippen LogP contribution in [0.5, 0.6) is 5.75 Å². The fourth-order valence-corrected chi connectivity index (χ4v) is 3.00. The summed E-state index contributed by atoms with van der Waals surface area (Å²) in [5.74, 6) is -4.53. The Morgan fingerprint density at radius 3 is 2.16 bits per heavy atom. The van der Waals surface area contributed by atoms with Crippen LogP contribution in [0, 0.1) is 17.5 Å². The van der Waals surface area contributed by atoms with Crippen LogP contribution < -0.4 is 9.46 Å². The summed E-state index contributed by atoms with van der Waals surface area (Å²) in [4.78, 5) is -1.36. The van der Waals surface area contributed by atoms with E-state index in [0.717, 1.165) is 18.2 Å². The number of hydrogen-bond donors (Lipinski definition) is 1. The van der Waals surface area contributed by atoms with Crippen molar-refractivity contribution >= 4 is 15.7 Å². The topological polar surface area (TPSA) is 55.4 Å². The molecule has 0 heterocycles. The minimum atomic E-state index is -4.90. The Morgan fingerprint density at radius 2 is 1.60 bits per heavy atom. The van der Waals surface area contributed by atoms with Crippen LogP contribution in [0.25, 0.3) is 0 Å². The Morgan fingerprint density at radius 1 is 1.00 bits per heavy atom. The Kier molecular flexibility index (Phi) is 5.16. The molecule has 0 bridgehead atoms. The SMILES string of the molecule is O=S(=O)(Nc1cc(F)ccc1OCC(F)(F)F)c1c(F)cccc1F. The lowest BCUT2D eigenvalue weighted by Crippen LogP contribution is -2.21. The van der Waals surface area contributed by atoms with Crippen molar-refractivity contribution in [2.24, 2.45) is 0 Å². The second kappa shape index (κ2) is 6.82. The van der Waals surface area contributed by atoms with Gasteiger partial charge in [-0.15, -0.1) is 0 Å². The van der Waals surface area contributed by atoms with Gasteiger partial charge in [0.2, 0.25) is 0 Å². The molecule has 0 radical (unpaired) electrons. The third-order valence-electron chi connectivity index (χ3n) is 2.76. The van der Waals surface area contributed by atoms with Gasteiger partial charge in [-0.05, 0) is 24.3 Å². The molecule has 2 aromatic carbocycles. The lowest BCUT2D eigenvalue weighted by atomic mass is 10.3. The average molecular weight is 385 g/mol. The highest BCUT2D eigenvalue weighted by Gasteiger charge is 2.30. The molecule has 0 spiro atoms. The molecule has 0 amide bonds. The van der Waals surface area contributed by atoms with Crippen LogP contribution in [-0.4, -0.2) is 21.2 Å². The van der Waals surface area contributed by atoms with Crippen molar-refractivity contribution in [3.05, 3.63) is 53.8 Å². The minimum Gasteiger partial charge on any atom is -0.482 e. The number of anilines is 1. The molecule has 25 heavy (non-hydrogen) atoms. The number of halogens is 6. The van der Waals surface area contributed by atoms with E-state index >= 15 is 0 Å². The quantitative estimate of drug-likeness (QED) is 0.796. The molecule has 0 unspecified atom stereocenters. The number of rotatable bonds is 5. The zero-order valence-electron chi connectivity index (χ0n) is 12.1. The van der Waals surface area contributed by atoms with E-state index in [1.54, 1.807) is 4.72 Å². The van der Waals surface area contributed by atoms with Gasteiger partial charge in [0.05, 0.1) is 5.69 Å². The van der Waals surface area contributed by atoms with Gasteiger partial charge in [0.25, 0.3) is 10.0 Å². The second-order valence-electron chi connectivity index (χ2n) is 4.70. The molecule has 0 atom stereocenters. The lowest BCUT2D eigenvalue weighted by molar-refractivity contribution is -0.153. The van der Waals surface area contributed by atoms with Gasteiger partial charge in [-0.2, -0.15) is 13.2 Å². The third-order valence-corrected chi connectivity index (χ3v) is 4.18. The van der Waals surface area contributed by atoms with Crippen LogP contribution in [0.3, 0.4) is 0 Å². The lowest BCUT2D eigenvalue weighted by Gasteiger charge is -2.15. The molecule has 4 nitrogen and oxygen atoms in total. The highest BCUT2D eigenvalue weighted by atomic mass is 32.2. The predicted octanol–water partition coefficient (Wildman–Crippen LogP) is 3.85. The van der Waals surface area contributed by atoms with Crippen LogP contribution in [0.4, 0.5) is 32.0 Å². The maximum Gasteiger partial charge on any atom is 0.422 e. The van der Waals surface area contributed by atoms with Crippen LogP contribution in [0.15, 0.2) is 41.3 Å². The summed E-state index contributed by atoms with van der Waals surface area (Å²) >= 11 is 0. The summed E-state index contributed by atoms with van der Waals surface area (Å²) in [5, 5.41) is 0. The molecule has 11 heteroatoms. The standard InChI is InChI=1S/C14H9F6NO3S/c15-8-4-5-12(24-7-14(18,19)20)11(6-8)21-25(22,23)13-9(16)2-1-3-10(13)17/h1-6,21H,7H2. The van der Waals surface area contributed by atoms with Crippen molar-refractivity contribution in [1.82, 2.24) is 0 Å². The van der Waals surface area contributed by atoms with Crippen molar-refractivity contribution in [1.29, 1.82) is 0 Å². The van der Waals surface area contributed by atoms with Crippen molar-refractivity contribution in [3.63, 3.8) is 0 Å². The number of nitrogens with one attached hydrogen (secondary N) is 1. The highest BCUT2D eigenvalue weighted by molar-refractivity contribution is 7.92. The Hall–Kier alpha value is -2.43. The number of alkyl halides is 3. The minimum absolute atomic E-state index is 0.516. The summed E-state index contributed by atoms with van der Waals surface area (Å²) in [6.45, 7) is -1.78. The van der Waals surface area contributed by atoms with E-state index in [2.05, 4.69) is 4.74 Å². The molecule has 0 aliphatic carbocycles. The first-order chi connectivity index (χ1) is 11.5. The maximum absolute atomic E-state index is 13.6. The van der Waals surface area contributed by atoms with Crippen molar-refractivity contribution in [3.8, 4) is 5.75 Å². The number of sulfonamides is 1. The molecule has 0 aliphatic heterocycles. The smallest absolute Gasteiger partial charge is 0.422 e. The molecule has 2 rings (SSSR count). The van der Waals surface area contributed by atoms with Crippen LogP contribution in [0.1, 0.15) is 0 Å². The van der Waals surface area contributed by atoms with Gasteiger partial charge < -0.3 is 4.74 Å². The number of ether oxygens (including phenoxy) is 1. The monoisotopic (exact) mass is 385 g/mol. The fraction of sp³-hybridized carbons (Fsp3) is 0.143. The van der Waals surface area contributed by atoms with Crippen LogP contribution in [0.2, 0.25) is 0 Å².